The van der Waals surface area contributed by atoms with E-state index < -0.39 is 33.0 Å². The molecule has 2 atom stereocenters. The third kappa shape index (κ3) is 5.08. The molecule has 204 valence electrons. The van der Waals surface area contributed by atoms with E-state index in [1.807, 2.05) is 39.0 Å². The molecule has 14 heteroatoms. The van der Waals surface area contributed by atoms with E-state index in [9.17, 15) is 18.1 Å². The summed E-state index contributed by atoms with van der Waals surface area (Å²) < 4.78 is 57.8. The molecule has 1 unspecified atom stereocenters. The molecule has 0 radical (unpaired) electrons. The Kier molecular flexibility index (Phi) is 7.07. The van der Waals surface area contributed by atoms with Crippen LogP contribution in [0.25, 0.3) is 0 Å². The summed E-state index contributed by atoms with van der Waals surface area (Å²) in [5, 5.41) is 13.8. The lowest BCUT2D eigenvalue weighted by atomic mass is 9.82. The van der Waals surface area contributed by atoms with Crippen molar-refractivity contribution in [3.63, 3.8) is 0 Å². The second-order valence-electron chi connectivity index (χ2n) is 10.2. The Labute approximate surface area is 228 Å². The number of hydrogen-bond donors (Lipinski definition) is 3. The van der Waals surface area contributed by atoms with Crippen molar-refractivity contribution in [2.75, 3.05) is 25.2 Å². The molecule has 0 saturated carbocycles. The Balaban J connectivity index is 1.55. The molecule has 1 aromatic heterocycles. The number of H-pyrrole nitrogens is 1. The fraction of sp³-hybridized carbons (Fsp3) is 0.417. The predicted octanol–water partition coefficient (Wildman–Crippen LogP) is 4.44. The summed E-state index contributed by atoms with van der Waals surface area (Å²) in [6.45, 7) is 6.91. The van der Waals surface area contributed by atoms with Crippen LogP contribution < -0.4 is 20.3 Å². The van der Waals surface area contributed by atoms with Crippen LogP contribution in [-0.2, 0) is 10.0 Å². The number of benzene rings is 2. The fourth-order valence-electron chi connectivity index (χ4n) is 4.51. The van der Waals surface area contributed by atoms with E-state index in [4.69, 9.17) is 26.1 Å². The minimum atomic E-state index is -4.02. The van der Waals surface area contributed by atoms with Gasteiger partial charge in [-0.2, -0.15) is 4.31 Å². The standard InChI is InChI=1S/C24H28ClN5O6S2/c1-24(2,3)21(14-6-9-17-18(12-14)36-13-35-17)27-23-22(28-37(32)29-23)26-16-8-7-15(25)20(19(16)31)38(33,34)30-10-4-5-11-30/h6-9,12,21,31H,4-5,10-11,13H2,1-3H3,(H,26,28)(H,27,29)/t21-,37?/m0/s1. The smallest absolute Gasteiger partial charge is 0.248 e. The molecule has 3 heterocycles. The second-order valence-corrected chi connectivity index (χ2v) is 13.3. The first-order chi connectivity index (χ1) is 17.9. The van der Waals surface area contributed by atoms with Crippen LogP contribution in [0.4, 0.5) is 11.5 Å². The number of rotatable bonds is 6. The molecule has 5 rings (SSSR count). The highest BCUT2D eigenvalue weighted by molar-refractivity contribution is 7.89. The number of sulfonamides is 1. The predicted molar refractivity (Wildman–Crippen MR) is 142 cm³/mol. The van der Waals surface area contributed by atoms with Gasteiger partial charge in [-0.25, -0.2) is 8.42 Å². The number of anilines is 2. The number of ether oxygens (including phenoxy) is 2. The van der Waals surface area contributed by atoms with Crippen molar-refractivity contribution in [3.05, 3.63) is 46.4 Å². The van der Waals surface area contributed by atoms with E-state index in [0.717, 1.165) is 18.4 Å². The summed E-state index contributed by atoms with van der Waals surface area (Å²) in [5.74, 6) is 0.800. The number of aromatic nitrogens is 2. The van der Waals surface area contributed by atoms with Crippen molar-refractivity contribution in [2.24, 2.45) is 10.4 Å². The largest absolute Gasteiger partial charge is 0.548 e. The lowest BCUT2D eigenvalue weighted by Crippen LogP contribution is -2.28. The molecular weight excluding hydrogens is 554 g/mol. The molecule has 2 aliphatic heterocycles. The summed E-state index contributed by atoms with van der Waals surface area (Å²) in [6.07, 6.45) is 1.48. The maximum Gasteiger partial charge on any atom is 0.248 e. The van der Waals surface area contributed by atoms with E-state index in [0.29, 0.717) is 24.6 Å². The first-order valence-corrected chi connectivity index (χ1v) is 14.9. The zero-order chi connectivity index (χ0) is 27.2. The number of nitrogens with zero attached hydrogens (tertiary/aromatic N) is 3. The van der Waals surface area contributed by atoms with Crippen LogP contribution in [-0.4, -0.2) is 51.0 Å². The first kappa shape index (κ1) is 26.8. The number of aromatic hydroxyl groups is 1. The molecule has 2 aliphatic rings. The van der Waals surface area contributed by atoms with E-state index in [2.05, 4.69) is 14.1 Å². The Morgan fingerprint density at radius 1 is 1.21 bits per heavy atom. The quantitative estimate of drug-likeness (QED) is 0.285. The molecule has 0 bridgehead atoms. The average Bonchev–Trinajstić information content (AvgIpc) is 3.59. The Morgan fingerprint density at radius 2 is 1.92 bits per heavy atom. The first-order valence-electron chi connectivity index (χ1n) is 12.0. The SMILES string of the molecule is CC(C)(C)[C@@H](N=c1[nH][s+]([O-])nc1Nc1ccc(Cl)c(S(=O)(=O)N2CCCC2)c1O)c1ccc2c(c1)OCO2. The minimum Gasteiger partial charge on any atom is -0.548 e. The van der Waals surface area contributed by atoms with Crippen LogP contribution >= 0.6 is 22.7 Å². The summed E-state index contributed by atoms with van der Waals surface area (Å²) >= 11 is 4.41. The fourth-order valence-corrected chi connectivity index (χ4v) is 7.28. The molecule has 0 amide bonds. The summed E-state index contributed by atoms with van der Waals surface area (Å²) in [4.78, 5) is 4.46. The van der Waals surface area contributed by atoms with Gasteiger partial charge in [-0.15, -0.1) is 4.37 Å². The maximum atomic E-state index is 13.2. The van der Waals surface area contributed by atoms with E-state index in [1.165, 1.54) is 16.4 Å². The number of aromatic amines is 1. The van der Waals surface area contributed by atoms with Gasteiger partial charge in [0.15, 0.2) is 28.4 Å². The minimum absolute atomic E-state index is 0.0368. The number of phenols is 1. The van der Waals surface area contributed by atoms with E-state index in [-0.39, 0.29) is 39.1 Å². The van der Waals surface area contributed by atoms with Gasteiger partial charge in [0.25, 0.3) is 0 Å². The highest BCUT2D eigenvalue weighted by atomic mass is 35.5. The van der Waals surface area contributed by atoms with Gasteiger partial charge in [-0.1, -0.05) is 38.4 Å². The third-order valence-corrected chi connectivity index (χ3v) is 9.49. The van der Waals surface area contributed by atoms with Gasteiger partial charge >= 0.3 is 0 Å². The second kappa shape index (κ2) is 10.0. The monoisotopic (exact) mass is 581 g/mol. The Hall–Kier alpha value is -2.84. The van der Waals surface area contributed by atoms with Crippen LogP contribution in [0.3, 0.4) is 0 Å². The molecule has 2 aromatic carbocycles. The summed E-state index contributed by atoms with van der Waals surface area (Å²) in [7, 11) is -4.02. The van der Waals surface area contributed by atoms with Crippen LogP contribution in [0.15, 0.2) is 40.2 Å². The van der Waals surface area contributed by atoms with Gasteiger partial charge in [0.05, 0.1) is 16.8 Å². The Bertz CT molecular complexity index is 1540. The molecule has 11 nitrogen and oxygen atoms in total. The van der Waals surface area contributed by atoms with Gasteiger partial charge in [-0.3, -0.25) is 4.99 Å². The van der Waals surface area contributed by atoms with Crippen LogP contribution in [0.2, 0.25) is 5.02 Å². The van der Waals surface area contributed by atoms with Gasteiger partial charge in [0.1, 0.15) is 4.90 Å². The highest BCUT2D eigenvalue weighted by Gasteiger charge is 2.33. The van der Waals surface area contributed by atoms with E-state index >= 15 is 0 Å². The van der Waals surface area contributed by atoms with Crippen LogP contribution in [0.1, 0.15) is 45.2 Å². The van der Waals surface area contributed by atoms with Crippen molar-refractivity contribution in [3.8, 4) is 17.2 Å². The normalized spacial score (nSPS) is 17.7. The number of hydrogen-bond acceptors (Lipinski definition) is 9. The molecule has 3 aromatic rings. The van der Waals surface area contributed by atoms with Crippen LogP contribution in [0, 0.1) is 5.41 Å². The molecular formula is C24H28ClN5O6S2. The lowest BCUT2D eigenvalue weighted by molar-refractivity contribution is 0.174. The summed E-state index contributed by atoms with van der Waals surface area (Å²) in [6, 6.07) is 7.97. The number of nitrogens with one attached hydrogen (secondary N) is 2. The summed E-state index contributed by atoms with van der Waals surface area (Å²) in [5.41, 5.74) is 0.715. The van der Waals surface area contributed by atoms with Crippen LogP contribution in [0.5, 0.6) is 17.2 Å². The van der Waals surface area contributed by atoms with Crippen molar-refractivity contribution in [1.82, 2.24) is 13.1 Å². The zero-order valence-corrected chi connectivity index (χ0v) is 23.4. The van der Waals surface area contributed by atoms with E-state index in [1.54, 1.807) is 0 Å². The Morgan fingerprint density at radius 3 is 2.63 bits per heavy atom. The van der Waals surface area contributed by atoms with Gasteiger partial charge in [-0.05, 0) is 48.1 Å². The number of fused-ring (bicyclic) bond motifs is 1. The van der Waals surface area contributed by atoms with Gasteiger partial charge < -0.3 is 24.4 Å². The third-order valence-electron chi connectivity index (χ3n) is 6.37. The lowest BCUT2D eigenvalue weighted by Gasteiger charge is -2.27. The number of halogens is 1. The molecule has 1 saturated heterocycles. The molecule has 38 heavy (non-hydrogen) atoms. The van der Waals surface area contributed by atoms with Crippen molar-refractivity contribution >= 4 is 44.3 Å². The van der Waals surface area contributed by atoms with Gasteiger partial charge in [0, 0.05) is 17.5 Å². The molecule has 0 spiro atoms. The topological polar surface area (TPSA) is 152 Å². The van der Waals surface area contributed by atoms with Crippen molar-refractivity contribution < 1.29 is 27.6 Å². The number of phenolic OH excluding ortho intramolecular Hbond substituents is 1. The average molecular weight is 582 g/mol. The van der Waals surface area contributed by atoms with Gasteiger partial charge in [0.2, 0.25) is 28.1 Å². The van der Waals surface area contributed by atoms with Crippen molar-refractivity contribution in [1.29, 1.82) is 0 Å². The molecule has 3 N–H and O–H groups in total. The van der Waals surface area contributed by atoms with Crippen molar-refractivity contribution in [2.45, 2.75) is 44.6 Å². The molecule has 0 aliphatic carbocycles. The molecule has 1 fully saturated rings. The highest BCUT2D eigenvalue weighted by Crippen LogP contribution is 2.42. The zero-order valence-electron chi connectivity index (χ0n) is 21.0. The maximum absolute atomic E-state index is 13.2.